The van der Waals surface area contributed by atoms with Crippen molar-refractivity contribution in [2.45, 2.75) is 23.8 Å². The number of nitrogens with zero attached hydrogens (tertiary/aromatic N) is 2. The van der Waals surface area contributed by atoms with Crippen molar-refractivity contribution in [2.75, 3.05) is 13.2 Å². The summed E-state index contributed by atoms with van der Waals surface area (Å²) in [5.74, 6) is -0.428. The lowest BCUT2D eigenvalue weighted by atomic mass is 9.88. The lowest BCUT2D eigenvalue weighted by Gasteiger charge is -2.31. The van der Waals surface area contributed by atoms with Crippen molar-refractivity contribution in [3.8, 4) is 0 Å². The first-order valence-corrected chi connectivity index (χ1v) is 10.5. The highest BCUT2D eigenvalue weighted by atomic mass is 32.2. The highest BCUT2D eigenvalue weighted by Crippen LogP contribution is 2.31. The minimum Gasteiger partial charge on any atom is -0.408 e. The van der Waals surface area contributed by atoms with Crippen molar-refractivity contribution in [2.24, 2.45) is 13.0 Å². The first-order chi connectivity index (χ1) is 13.5. The van der Waals surface area contributed by atoms with Crippen LogP contribution in [-0.4, -0.2) is 31.2 Å². The second-order valence-corrected chi connectivity index (χ2v) is 8.61. The fourth-order valence-corrected chi connectivity index (χ4v) is 4.87. The van der Waals surface area contributed by atoms with Gasteiger partial charge in [-0.25, -0.2) is 17.9 Å². The molecular weight excluding hydrogens is 382 g/mol. The molecule has 1 saturated heterocycles. The van der Waals surface area contributed by atoms with Crippen molar-refractivity contribution in [1.82, 2.24) is 14.3 Å². The molecule has 1 aliphatic rings. The van der Waals surface area contributed by atoms with Gasteiger partial charge >= 0.3 is 5.76 Å². The average molecular weight is 403 g/mol. The number of rotatable bonds is 5. The van der Waals surface area contributed by atoms with Gasteiger partial charge in [-0.2, -0.15) is 0 Å². The molecule has 2 aromatic heterocycles. The van der Waals surface area contributed by atoms with Gasteiger partial charge in [0, 0.05) is 32.7 Å². The van der Waals surface area contributed by atoms with Crippen LogP contribution in [0.5, 0.6) is 0 Å². The van der Waals surface area contributed by atoms with E-state index in [0.29, 0.717) is 24.3 Å². The number of benzene rings is 1. The van der Waals surface area contributed by atoms with Gasteiger partial charge in [0.2, 0.25) is 10.0 Å². The van der Waals surface area contributed by atoms with Crippen LogP contribution in [0.1, 0.15) is 24.4 Å². The van der Waals surface area contributed by atoms with Crippen molar-refractivity contribution < 1.29 is 17.6 Å². The van der Waals surface area contributed by atoms with E-state index in [1.165, 1.54) is 22.8 Å². The highest BCUT2D eigenvalue weighted by molar-refractivity contribution is 7.89. The normalized spacial score (nSPS) is 17.0. The van der Waals surface area contributed by atoms with Crippen LogP contribution in [0.3, 0.4) is 0 Å². The van der Waals surface area contributed by atoms with E-state index in [2.05, 4.69) is 9.71 Å². The number of ether oxygens (including phenoxy) is 1. The summed E-state index contributed by atoms with van der Waals surface area (Å²) in [7, 11) is -2.29. The lowest BCUT2D eigenvalue weighted by molar-refractivity contribution is 0.0564. The Morgan fingerprint density at radius 2 is 2.04 bits per heavy atom. The third-order valence-corrected chi connectivity index (χ3v) is 6.57. The minimum atomic E-state index is -3.83. The van der Waals surface area contributed by atoms with Crippen molar-refractivity contribution >= 4 is 21.1 Å². The summed E-state index contributed by atoms with van der Waals surface area (Å²) in [4.78, 5) is 15.9. The predicted octanol–water partition coefficient (Wildman–Crippen LogP) is 1.97. The SMILES string of the molecule is Cn1c(=O)oc2ccc(S(=O)(=O)NC(c3cccnc3)C3CCOCC3)cc21. The molecule has 8 nitrogen and oxygen atoms in total. The number of sulfonamides is 1. The summed E-state index contributed by atoms with van der Waals surface area (Å²) >= 11 is 0. The van der Waals surface area contributed by atoms with Crippen LogP contribution >= 0.6 is 0 Å². The Morgan fingerprint density at radius 3 is 2.75 bits per heavy atom. The molecule has 0 amide bonds. The zero-order valence-electron chi connectivity index (χ0n) is 15.4. The maximum Gasteiger partial charge on any atom is 0.419 e. The molecule has 4 rings (SSSR count). The largest absolute Gasteiger partial charge is 0.419 e. The van der Waals surface area contributed by atoms with Crippen molar-refractivity contribution in [1.29, 1.82) is 0 Å². The van der Waals surface area contributed by atoms with Crippen LogP contribution < -0.4 is 10.5 Å². The first-order valence-electron chi connectivity index (χ1n) is 9.05. The summed E-state index contributed by atoms with van der Waals surface area (Å²) in [6.07, 6.45) is 4.87. The smallest absolute Gasteiger partial charge is 0.408 e. The monoisotopic (exact) mass is 403 g/mol. The first kappa shape index (κ1) is 18.9. The molecule has 0 aliphatic carbocycles. The van der Waals surface area contributed by atoms with E-state index >= 15 is 0 Å². The molecule has 0 spiro atoms. The molecule has 3 aromatic rings. The van der Waals surface area contributed by atoms with Gasteiger partial charge < -0.3 is 9.15 Å². The Morgan fingerprint density at radius 1 is 1.25 bits per heavy atom. The Balaban J connectivity index is 1.70. The molecule has 9 heteroatoms. The molecule has 1 unspecified atom stereocenters. The number of aromatic nitrogens is 2. The minimum absolute atomic E-state index is 0.0809. The topological polar surface area (TPSA) is 103 Å². The van der Waals surface area contributed by atoms with Gasteiger partial charge in [-0.15, -0.1) is 0 Å². The zero-order chi connectivity index (χ0) is 19.7. The molecule has 0 radical (unpaired) electrons. The average Bonchev–Trinajstić information content (AvgIpc) is 3.01. The number of aryl methyl sites for hydroxylation is 1. The van der Waals surface area contributed by atoms with Crippen LogP contribution in [0.4, 0.5) is 0 Å². The van der Waals surface area contributed by atoms with Crippen molar-refractivity contribution in [3.63, 3.8) is 0 Å². The molecule has 1 aromatic carbocycles. The molecule has 1 aliphatic heterocycles. The Hall–Kier alpha value is -2.49. The molecule has 0 bridgehead atoms. The third-order valence-electron chi connectivity index (χ3n) is 5.14. The fourth-order valence-electron chi connectivity index (χ4n) is 3.55. The summed E-state index contributed by atoms with van der Waals surface area (Å²) in [5.41, 5.74) is 1.59. The maximum atomic E-state index is 13.1. The van der Waals surface area contributed by atoms with E-state index in [0.717, 1.165) is 18.4 Å². The van der Waals surface area contributed by atoms with E-state index in [1.807, 2.05) is 6.07 Å². The Labute approximate surface area is 162 Å². The number of oxazole rings is 1. The lowest BCUT2D eigenvalue weighted by Crippen LogP contribution is -2.36. The van der Waals surface area contributed by atoms with Crippen LogP contribution in [-0.2, 0) is 21.8 Å². The predicted molar refractivity (Wildman–Crippen MR) is 102 cm³/mol. The van der Waals surface area contributed by atoms with Crippen LogP contribution in [0.15, 0.2) is 56.8 Å². The number of hydrogen-bond acceptors (Lipinski definition) is 6. The maximum absolute atomic E-state index is 13.1. The van der Waals surface area contributed by atoms with Crippen LogP contribution in [0.2, 0.25) is 0 Å². The third kappa shape index (κ3) is 3.60. The molecule has 148 valence electrons. The van der Waals surface area contributed by atoms with E-state index in [9.17, 15) is 13.2 Å². The summed E-state index contributed by atoms with van der Waals surface area (Å²) in [6, 6.07) is 7.65. The quantitative estimate of drug-likeness (QED) is 0.699. The molecule has 1 fully saturated rings. The Kier molecular flexibility index (Phi) is 5.05. The number of fused-ring (bicyclic) bond motifs is 1. The summed E-state index contributed by atoms with van der Waals surface area (Å²) < 4.78 is 40.9. The fraction of sp³-hybridized carbons (Fsp3) is 0.368. The van der Waals surface area contributed by atoms with Crippen LogP contribution in [0.25, 0.3) is 11.1 Å². The van der Waals surface area contributed by atoms with E-state index in [4.69, 9.17) is 9.15 Å². The van der Waals surface area contributed by atoms with Gasteiger partial charge in [-0.05, 0) is 48.6 Å². The number of pyridine rings is 1. The summed E-state index contributed by atoms with van der Waals surface area (Å²) in [5, 5.41) is 0. The van der Waals surface area contributed by atoms with Gasteiger partial charge in [0.25, 0.3) is 0 Å². The number of nitrogens with one attached hydrogen (secondary N) is 1. The van der Waals surface area contributed by atoms with Crippen LogP contribution in [0, 0.1) is 5.92 Å². The van der Waals surface area contributed by atoms with E-state index < -0.39 is 21.8 Å². The molecule has 1 N–H and O–H groups in total. The zero-order valence-corrected chi connectivity index (χ0v) is 16.2. The van der Waals surface area contributed by atoms with Gasteiger partial charge in [0.1, 0.15) is 0 Å². The van der Waals surface area contributed by atoms with Gasteiger partial charge in [0.05, 0.1) is 16.5 Å². The molecule has 28 heavy (non-hydrogen) atoms. The molecular formula is C19H21N3O5S. The second kappa shape index (κ2) is 7.50. The van der Waals surface area contributed by atoms with E-state index in [-0.39, 0.29) is 10.8 Å². The summed E-state index contributed by atoms with van der Waals surface area (Å²) in [6.45, 7) is 1.21. The number of hydrogen-bond donors (Lipinski definition) is 1. The molecule has 0 saturated carbocycles. The van der Waals surface area contributed by atoms with Gasteiger partial charge in [-0.1, -0.05) is 6.07 Å². The molecule has 1 atom stereocenters. The highest BCUT2D eigenvalue weighted by Gasteiger charge is 2.30. The Bertz CT molecular complexity index is 1130. The second-order valence-electron chi connectivity index (χ2n) is 6.89. The van der Waals surface area contributed by atoms with Gasteiger partial charge in [-0.3, -0.25) is 9.55 Å². The van der Waals surface area contributed by atoms with Crippen molar-refractivity contribution in [3.05, 3.63) is 58.8 Å². The molecule has 3 heterocycles. The van der Waals surface area contributed by atoms with E-state index in [1.54, 1.807) is 25.5 Å². The van der Waals surface area contributed by atoms with Gasteiger partial charge in [0.15, 0.2) is 5.58 Å². The standard InChI is InChI=1S/C19H21N3O5S/c1-22-16-11-15(4-5-17(16)27-19(22)23)28(24,25)21-18(13-6-9-26-10-7-13)14-3-2-8-20-12-14/h2-5,8,11-13,18,21H,6-7,9-10H2,1H3.